The molecule has 3 rings (SSSR count). The zero-order valence-corrected chi connectivity index (χ0v) is 13.0. The number of hydrogen-bond acceptors (Lipinski definition) is 4. The van der Waals surface area contributed by atoms with Crippen LogP contribution in [0.3, 0.4) is 0 Å². The number of carbonyl (C=O) groups excluding carboxylic acids is 1. The summed E-state index contributed by atoms with van der Waals surface area (Å²) in [6.45, 7) is 2.56. The molecule has 2 heterocycles. The van der Waals surface area contributed by atoms with Gasteiger partial charge in [0, 0.05) is 24.1 Å². The maximum absolute atomic E-state index is 12.1. The third-order valence-corrected chi connectivity index (χ3v) is 3.61. The quantitative estimate of drug-likeness (QED) is 0.727. The second-order valence-electron chi connectivity index (χ2n) is 4.97. The molecule has 3 aromatic rings. The fraction of sp³-hybridized carbons (Fsp3) is 0.188. The Morgan fingerprint density at radius 2 is 2.05 bits per heavy atom. The Labute approximate surface area is 133 Å². The number of hydrogen-bond donors (Lipinski definition) is 2. The van der Waals surface area contributed by atoms with E-state index in [1.807, 2.05) is 37.3 Å². The van der Waals surface area contributed by atoms with Crippen LogP contribution in [0.5, 0.6) is 0 Å². The Morgan fingerprint density at radius 1 is 1.27 bits per heavy atom. The molecule has 0 aliphatic rings. The van der Waals surface area contributed by atoms with Gasteiger partial charge in [-0.15, -0.1) is 0 Å². The number of fused-ring (bicyclic) bond motifs is 1. The number of amides is 1. The predicted octanol–water partition coefficient (Wildman–Crippen LogP) is 2.36. The van der Waals surface area contributed by atoms with Crippen molar-refractivity contribution in [2.24, 2.45) is 0 Å². The smallest absolute Gasteiger partial charge is 0.256 e. The van der Waals surface area contributed by atoms with Crippen molar-refractivity contribution in [1.82, 2.24) is 19.9 Å². The molecular weight excluding hydrogens is 296 g/mol. The number of benzene rings is 1. The molecule has 0 saturated carbocycles. The first-order chi connectivity index (χ1) is 10.7. The molecule has 5 nitrogen and oxygen atoms in total. The zero-order valence-electron chi connectivity index (χ0n) is 12.2. The average molecular weight is 312 g/mol. The van der Waals surface area contributed by atoms with Crippen LogP contribution in [0.2, 0.25) is 0 Å². The lowest BCUT2D eigenvalue weighted by atomic mass is 10.1. The highest BCUT2D eigenvalue weighted by Gasteiger charge is 2.15. The summed E-state index contributed by atoms with van der Waals surface area (Å²) in [5.41, 5.74) is 4.15. The van der Waals surface area contributed by atoms with Crippen LogP contribution < -0.4 is 5.32 Å². The van der Waals surface area contributed by atoms with Crippen molar-refractivity contribution in [2.75, 3.05) is 12.3 Å². The number of aromatic nitrogens is 3. The maximum Gasteiger partial charge on any atom is 0.256 e. The highest BCUT2D eigenvalue weighted by Crippen LogP contribution is 2.21. The van der Waals surface area contributed by atoms with Crippen molar-refractivity contribution in [3.8, 4) is 11.3 Å². The Hall–Kier alpha value is -2.34. The number of nitrogens with zero attached hydrogens (tertiary/aromatic N) is 3. The number of carbonyl (C=O) groups is 1. The molecule has 0 radical (unpaired) electrons. The lowest BCUT2D eigenvalue weighted by Crippen LogP contribution is -2.25. The minimum Gasteiger partial charge on any atom is -0.351 e. The highest BCUT2D eigenvalue weighted by molar-refractivity contribution is 7.80. The van der Waals surface area contributed by atoms with Crippen molar-refractivity contribution >= 4 is 24.2 Å². The third-order valence-electron chi connectivity index (χ3n) is 3.39. The van der Waals surface area contributed by atoms with E-state index in [1.165, 1.54) is 5.56 Å². The van der Waals surface area contributed by atoms with E-state index >= 15 is 0 Å². The van der Waals surface area contributed by atoms with E-state index < -0.39 is 0 Å². The van der Waals surface area contributed by atoms with E-state index in [0.717, 1.165) is 11.3 Å². The molecule has 1 aromatic carbocycles. The summed E-state index contributed by atoms with van der Waals surface area (Å²) in [5, 5.41) is 7.11. The van der Waals surface area contributed by atoms with Crippen LogP contribution in [-0.2, 0) is 0 Å². The summed E-state index contributed by atoms with van der Waals surface area (Å²) in [7, 11) is 0. The summed E-state index contributed by atoms with van der Waals surface area (Å²) in [4.78, 5) is 16.4. The van der Waals surface area contributed by atoms with E-state index in [2.05, 4.69) is 28.0 Å². The molecule has 6 heteroatoms. The molecule has 0 aliphatic heterocycles. The van der Waals surface area contributed by atoms with Gasteiger partial charge in [0.05, 0.1) is 11.9 Å². The Balaban J connectivity index is 2.05. The van der Waals surface area contributed by atoms with Gasteiger partial charge in [0.15, 0.2) is 5.65 Å². The summed E-state index contributed by atoms with van der Waals surface area (Å²) in [6.07, 6.45) is 3.25. The Kier molecular flexibility index (Phi) is 4.11. The van der Waals surface area contributed by atoms with Crippen LogP contribution in [0, 0.1) is 6.92 Å². The Morgan fingerprint density at radius 3 is 2.77 bits per heavy atom. The molecule has 0 aliphatic carbocycles. The second kappa shape index (κ2) is 6.19. The summed E-state index contributed by atoms with van der Waals surface area (Å²) < 4.78 is 1.69. The van der Waals surface area contributed by atoms with Crippen molar-refractivity contribution in [3.05, 3.63) is 53.9 Å². The van der Waals surface area contributed by atoms with Crippen molar-refractivity contribution in [2.45, 2.75) is 6.92 Å². The highest BCUT2D eigenvalue weighted by atomic mass is 32.1. The SMILES string of the molecule is Cc1ccc(-c2ccnc3c(C(=O)NCCS)cnn23)cc1. The van der Waals surface area contributed by atoms with Crippen LogP contribution in [0.4, 0.5) is 0 Å². The van der Waals surface area contributed by atoms with E-state index in [9.17, 15) is 4.79 Å². The standard InChI is InChI=1S/C16H16N4OS/c1-11-2-4-12(5-3-11)14-6-7-17-15-13(10-19-20(14)15)16(21)18-8-9-22/h2-7,10,22H,8-9H2,1H3,(H,18,21). The first kappa shape index (κ1) is 14.6. The van der Waals surface area contributed by atoms with Gasteiger partial charge in [0.1, 0.15) is 5.56 Å². The molecule has 0 atom stereocenters. The molecule has 22 heavy (non-hydrogen) atoms. The first-order valence-corrected chi connectivity index (χ1v) is 7.63. The number of nitrogens with one attached hydrogen (secondary N) is 1. The van der Waals surface area contributed by atoms with Gasteiger partial charge < -0.3 is 5.32 Å². The number of thiol groups is 1. The van der Waals surface area contributed by atoms with Crippen molar-refractivity contribution < 1.29 is 4.79 Å². The van der Waals surface area contributed by atoms with E-state index in [0.29, 0.717) is 23.5 Å². The van der Waals surface area contributed by atoms with Gasteiger partial charge in [-0.3, -0.25) is 4.79 Å². The molecule has 1 N–H and O–H groups in total. The fourth-order valence-corrected chi connectivity index (χ4v) is 2.37. The largest absolute Gasteiger partial charge is 0.351 e. The fourth-order valence-electron chi connectivity index (χ4n) is 2.26. The molecular formula is C16H16N4OS. The summed E-state index contributed by atoms with van der Waals surface area (Å²) in [6, 6.07) is 10.1. The summed E-state index contributed by atoms with van der Waals surface area (Å²) in [5.74, 6) is 0.408. The second-order valence-corrected chi connectivity index (χ2v) is 5.42. The lowest BCUT2D eigenvalue weighted by molar-refractivity contribution is 0.0957. The van der Waals surface area contributed by atoms with Crippen LogP contribution in [0.1, 0.15) is 15.9 Å². The molecule has 0 unspecified atom stereocenters. The van der Waals surface area contributed by atoms with Crippen LogP contribution in [-0.4, -0.2) is 32.8 Å². The lowest BCUT2D eigenvalue weighted by Gasteiger charge is -2.06. The van der Waals surface area contributed by atoms with Crippen molar-refractivity contribution in [3.63, 3.8) is 0 Å². The molecule has 0 saturated heterocycles. The van der Waals surface area contributed by atoms with E-state index in [4.69, 9.17) is 0 Å². The normalized spacial score (nSPS) is 10.8. The van der Waals surface area contributed by atoms with E-state index in [-0.39, 0.29) is 5.91 Å². The van der Waals surface area contributed by atoms with Gasteiger partial charge in [0.2, 0.25) is 0 Å². The van der Waals surface area contributed by atoms with Crippen molar-refractivity contribution in [1.29, 1.82) is 0 Å². The summed E-state index contributed by atoms with van der Waals surface area (Å²) >= 11 is 4.09. The minimum absolute atomic E-state index is 0.183. The predicted molar refractivity (Wildman–Crippen MR) is 89.3 cm³/mol. The average Bonchev–Trinajstić information content (AvgIpc) is 2.97. The maximum atomic E-state index is 12.1. The van der Waals surface area contributed by atoms with Crippen LogP contribution >= 0.6 is 12.6 Å². The topological polar surface area (TPSA) is 59.3 Å². The molecule has 112 valence electrons. The van der Waals surface area contributed by atoms with Gasteiger partial charge in [-0.05, 0) is 13.0 Å². The van der Waals surface area contributed by atoms with Crippen LogP contribution in [0.25, 0.3) is 16.9 Å². The molecule has 1 amide bonds. The van der Waals surface area contributed by atoms with Gasteiger partial charge in [-0.25, -0.2) is 9.50 Å². The van der Waals surface area contributed by atoms with Crippen LogP contribution in [0.15, 0.2) is 42.7 Å². The minimum atomic E-state index is -0.183. The first-order valence-electron chi connectivity index (χ1n) is 6.99. The van der Waals surface area contributed by atoms with Gasteiger partial charge in [-0.2, -0.15) is 17.7 Å². The van der Waals surface area contributed by atoms with Gasteiger partial charge in [0.25, 0.3) is 5.91 Å². The number of aryl methyl sites for hydroxylation is 1. The molecule has 0 bridgehead atoms. The molecule has 0 spiro atoms. The third kappa shape index (κ3) is 2.69. The molecule has 2 aromatic heterocycles. The monoisotopic (exact) mass is 312 g/mol. The molecule has 0 fully saturated rings. The number of rotatable bonds is 4. The van der Waals surface area contributed by atoms with Gasteiger partial charge >= 0.3 is 0 Å². The van der Waals surface area contributed by atoms with E-state index in [1.54, 1.807) is 16.9 Å². The van der Waals surface area contributed by atoms with Gasteiger partial charge in [-0.1, -0.05) is 29.8 Å². The zero-order chi connectivity index (χ0) is 15.5. The Bertz CT molecular complexity index is 811.